The molecule has 2 amide bonds. The Labute approximate surface area is 191 Å². The monoisotopic (exact) mass is 482 g/mol. The molecule has 0 atom stereocenters. The van der Waals surface area contributed by atoms with Crippen LogP contribution in [0.15, 0.2) is 77.4 Å². The molecule has 0 saturated carbocycles. The molecular weight excluding hydrogens is 468 g/mol. The number of amides is 2. The Morgan fingerprint density at radius 1 is 0.875 bits per heavy atom. The molecule has 2 aromatic heterocycles. The van der Waals surface area contributed by atoms with E-state index in [1.807, 2.05) is 67.6 Å². The lowest BCUT2D eigenvalue weighted by Gasteiger charge is -2.16. The van der Waals surface area contributed by atoms with E-state index in [0.717, 1.165) is 20.9 Å². The van der Waals surface area contributed by atoms with E-state index in [1.54, 1.807) is 10.7 Å². The van der Waals surface area contributed by atoms with Gasteiger partial charge in [0.05, 0.1) is 33.6 Å². The lowest BCUT2D eigenvalue weighted by Crippen LogP contribution is -2.29. The maximum atomic E-state index is 13.6. The molecule has 0 aliphatic carbocycles. The molecular formula is C25H15BrN4O2. The molecule has 0 unspecified atom stereocenters. The number of rotatable bonds is 2. The maximum absolute atomic E-state index is 13.6. The van der Waals surface area contributed by atoms with E-state index in [0.29, 0.717) is 33.5 Å². The summed E-state index contributed by atoms with van der Waals surface area (Å²) in [5.74, 6) is -0.723. The van der Waals surface area contributed by atoms with Crippen molar-refractivity contribution in [3.05, 3.63) is 94.2 Å². The largest absolute Gasteiger partial charge is 0.268 e. The number of carbonyl (C=O) groups is 2. The lowest BCUT2D eigenvalue weighted by atomic mass is 10.1. The Balaban J connectivity index is 1.57. The summed E-state index contributed by atoms with van der Waals surface area (Å²) in [6, 6.07) is 21.0. The first-order valence-corrected chi connectivity index (χ1v) is 10.8. The number of benzene rings is 3. The van der Waals surface area contributed by atoms with Crippen molar-refractivity contribution in [2.45, 2.75) is 6.92 Å². The summed E-state index contributed by atoms with van der Waals surface area (Å²) in [6.45, 7) is 1.83. The first-order chi connectivity index (χ1) is 15.5. The van der Waals surface area contributed by atoms with Crippen LogP contribution in [0.4, 0.5) is 5.69 Å². The Morgan fingerprint density at radius 3 is 2.44 bits per heavy atom. The zero-order chi connectivity index (χ0) is 22.0. The summed E-state index contributed by atoms with van der Waals surface area (Å²) in [6.07, 6.45) is 1.49. The molecule has 0 fully saturated rings. The fourth-order valence-corrected chi connectivity index (χ4v) is 4.61. The van der Waals surface area contributed by atoms with Crippen molar-refractivity contribution >= 4 is 55.2 Å². The summed E-state index contributed by atoms with van der Waals surface area (Å²) < 4.78 is 2.66. The lowest BCUT2D eigenvalue weighted by molar-refractivity contribution is 0.0927. The van der Waals surface area contributed by atoms with Crippen molar-refractivity contribution in [1.82, 2.24) is 14.8 Å². The van der Waals surface area contributed by atoms with Gasteiger partial charge in [-0.3, -0.25) is 9.59 Å². The second-order valence-electron chi connectivity index (χ2n) is 7.66. The van der Waals surface area contributed by atoms with Crippen LogP contribution >= 0.6 is 15.9 Å². The fraction of sp³-hybridized carbons (Fsp3) is 0.0400. The molecule has 5 aromatic rings. The van der Waals surface area contributed by atoms with Crippen molar-refractivity contribution in [3.8, 4) is 5.69 Å². The molecule has 0 radical (unpaired) electrons. The van der Waals surface area contributed by atoms with Crippen LogP contribution < -0.4 is 4.90 Å². The summed E-state index contributed by atoms with van der Waals surface area (Å²) in [5, 5.41) is 7.04. The molecule has 0 bridgehead atoms. The Morgan fingerprint density at radius 2 is 1.62 bits per heavy atom. The Hall–Kier alpha value is -3.84. The molecule has 7 heteroatoms. The van der Waals surface area contributed by atoms with Crippen molar-refractivity contribution in [2.24, 2.45) is 0 Å². The van der Waals surface area contributed by atoms with Gasteiger partial charge in [0, 0.05) is 16.1 Å². The third-order valence-corrected chi connectivity index (χ3v) is 6.33. The van der Waals surface area contributed by atoms with E-state index in [2.05, 4.69) is 26.0 Å². The number of halogens is 1. The average Bonchev–Trinajstić information content (AvgIpc) is 3.27. The maximum Gasteiger partial charge on any atom is 0.267 e. The van der Waals surface area contributed by atoms with Crippen molar-refractivity contribution in [2.75, 3.05) is 4.90 Å². The van der Waals surface area contributed by atoms with Gasteiger partial charge in [-0.25, -0.2) is 14.6 Å². The van der Waals surface area contributed by atoms with E-state index in [9.17, 15) is 9.59 Å². The zero-order valence-electron chi connectivity index (χ0n) is 16.9. The van der Waals surface area contributed by atoms with Gasteiger partial charge in [-0.15, -0.1) is 0 Å². The molecule has 6 nitrogen and oxygen atoms in total. The van der Waals surface area contributed by atoms with Gasteiger partial charge in [0.1, 0.15) is 0 Å². The number of carbonyl (C=O) groups excluding carboxylic acids is 2. The standard InChI is InChI=1S/C25H15BrN4O2/c1-14-21-22-19(13-27-23(21)30(28-14)17-11-9-16(26)10-12-17)24(31)29(25(22)32)20-8-4-6-15-5-2-3-7-18(15)20/h2-13H,1H3. The van der Waals surface area contributed by atoms with Gasteiger partial charge in [0.25, 0.3) is 11.8 Å². The number of anilines is 1. The van der Waals surface area contributed by atoms with E-state index in [1.165, 1.54) is 11.1 Å². The minimum absolute atomic E-state index is 0.300. The van der Waals surface area contributed by atoms with E-state index >= 15 is 0 Å². The quantitative estimate of drug-likeness (QED) is 0.314. The summed E-state index contributed by atoms with van der Waals surface area (Å²) in [4.78, 5) is 32.8. The number of fused-ring (bicyclic) bond motifs is 4. The highest BCUT2D eigenvalue weighted by Gasteiger charge is 2.40. The topological polar surface area (TPSA) is 68.1 Å². The van der Waals surface area contributed by atoms with E-state index in [4.69, 9.17) is 0 Å². The van der Waals surface area contributed by atoms with Crippen molar-refractivity contribution < 1.29 is 9.59 Å². The fourth-order valence-electron chi connectivity index (χ4n) is 4.35. The number of hydrogen-bond donors (Lipinski definition) is 0. The van der Waals surface area contributed by atoms with Gasteiger partial charge in [0.2, 0.25) is 0 Å². The smallest absolute Gasteiger partial charge is 0.267 e. The Bertz CT molecular complexity index is 1580. The molecule has 6 rings (SSSR count). The highest BCUT2D eigenvalue weighted by molar-refractivity contribution is 9.10. The number of pyridine rings is 1. The van der Waals surface area contributed by atoms with E-state index < -0.39 is 0 Å². The van der Waals surface area contributed by atoms with Crippen LogP contribution in [0, 0.1) is 6.92 Å². The highest BCUT2D eigenvalue weighted by Crippen LogP contribution is 2.37. The number of imide groups is 1. The van der Waals surface area contributed by atoms with Crippen LogP contribution in [-0.2, 0) is 0 Å². The molecule has 1 aliphatic rings. The SMILES string of the molecule is Cc1nn(-c2ccc(Br)cc2)c2ncc3c(c12)C(=O)N(c1cccc2ccccc12)C3=O. The second-order valence-corrected chi connectivity index (χ2v) is 8.58. The summed E-state index contributed by atoms with van der Waals surface area (Å²) in [5.41, 5.74) is 3.24. The van der Waals surface area contributed by atoms with Gasteiger partial charge in [-0.1, -0.05) is 52.3 Å². The summed E-state index contributed by atoms with van der Waals surface area (Å²) in [7, 11) is 0. The van der Waals surface area contributed by atoms with Crippen LogP contribution in [0.3, 0.4) is 0 Å². The molecule has 3 aromatic carbocycles. The predicted molar refractivity (Wildman–Crippen MR) is 126 cm³/mol. The van der Waals surface area contributed by atoms with Crippen LogP contribution in [0.5, 0.6) is 0 Å². The molecule has 0 saturated heterocycles. The molecule has 1 aliphatic heterocycles. The normalized spacial score (nSPS) is 13.4. The summed E-state index contributed by atoms with van der Waals surface area (Å²) >= 11 is 3.44. The van der Waals surface area contributed by atoms with Crippen molar-refractivity contribution in [3.63, 3.8) is 0 Å². The predicted octanol–water partition coefficient (Wildman–Crippen LogP) is 5.45. The third-order valence-electron chi connectivity index (χ3n) is 5.80. The number of nitrogens with zero attached hydrogens (tertiary/aromatic N) is 4. The first kappa shape index (κ1) is 18.9. The molecule has 3 heterocycles. The zero-order valence-corrected chi connectivity index (χ0v) is 18.5. The number of aryl methyl sites for hydroxylation is 1. The minimum atomic E-state index is -0.369. The Kier molecular flexibility index (Phi) is 4.03. The van der Waals surface area contributed by atoms with Crippen LogP contribution in [0.2, 0.25) is 0 Å². The van der Waals surface area contributed by atoms with Gasteiger partial charge < -0.3 is 0 Å². The number of hydrogen-bond acceptors (Lipinski definition) is 4. The molecule has 0 N–H and O–H groups in total. The van der Waals surface area contributed by atoms with Gasteiger partial charge in [-0.05, 0) is 42.6 Å². The van der Waals surface area contributed by atoms with Gasteiger partial charge in [0.15, 0.2) is 5.65 Å². The molecule has 154 valence electrons. The van der Waals surface area contributed by atoms with Crippen molar-refractivity contribution in [1.29, 1.82) is 0 Å². The van der Waals surface area contributed by atoms with E-state index in [-0.39, 0.29) is 11.8 Å². The van der Waals surface area contributed by atoms with Gasteiger partial charge >= 0.3 is 0 Å². The van der Waals surface area contributed by atoms with Crippen LogP contribution in [0.1, 0.15) is 26.4 Å². The van der Waals surface area contributed by atoms with Crippen LogP contribution in [0.25, 0.3) is 27.5 Å². The first-order valence-electron chi connectivity index (χ1n) is 10.1. The third kappa shape index (κ3) is 2.58. The number of aromatic nitrogens is 3. The van der Waals surface area contributed by atoms with Crippen LogP contribution in [-0.4, -0.2) is 26.6 Å². The minimum Gasteiger partial charge on any atom is -0.268 e. The second kappa shape index (κ2) is 6.83. The molecule has 32 heavy (non-hydrogen) atoms. The molecule has 0 spiro atoms. The highest BCUT2D eigenvalue weighted by atomic mass is 79.9. The van der Waals surface area contributed by atoms with Gasteiger partial charge in [-0.2, -0.15) is 5.10 Å². The average molecular weight is 483 g/mol.